The van der Waals surface area contributed by atoms with E-state index in [0.717, 1.165) is 0 Å². The first-order chi connectivity index (χ1) is 11.2. The first kappa shape index (κ1) is 18.3. The van der Waals surface area contributed by atoms with E-state index >= 15 is 0 Å². The van der Waals surface area contributed by atoms with Crippen molar-refractivity contribution >= 4 is 28.9 Å². The zero-order valence-corrected chi connectivity index (χ0v) is 14.6. The van der Waals surface area contributed by atoms with Gasteiger partial charge in [0.15, 0.2) is 11.1 Å². The fraction of sp³-hybridized carbons (Fsp3) is 0.533. The number of rotatable bonds is 3. The van der Waals surface area contributed by atoms with Gasteiger partial charge in [-0.1, -0.05) is 0 Å². The minimum atomic E-state index is -2.10. The van der Waals surface area contributed by atoms with Crippen LogP contribution in [0.2, 0.25) is 0 Å². The van der Waals surface area contributed by atoms with Crippen LogP contribution in [-0.4, -0.2) is 49.3 Å². The molecule has 8 nitrogen and oxygen atoms in total. The molecular weight excluding hydrogens is 334 g/mol. The topological polar surface area (TPSA) is 109 Å². The fourth-order valence-electron chi connectivity index (χ4n) is 2.25. The van der Waals surface area contributed by atoms with Crippen LogP contribution in [0.4, 0.5) is 10.6 Å². The Bertz CT molecular complexity index is 642. The van der Waals surface area contributed by atoms with Crippen molar-refractivity contribution in [3.63, 3.8) is 0 Å². The highest BCUT2D eigenvalue weighted by atomic mass is 32.2. The number of nitrogens with one attached hydrogen (secondary N) is 1. The SMILES string of the molecule is CC(C)(C)OC(=O)N1CC[C@H](C(=O)Nc2ccc(S(=O)O)cn2)C1. The number of ether oxygens (including phenoxy) is 1. The van der Waals surface area contributed by atoms with Crippen molar-refractivity contribution in [2.75, 3.05) is 18.4 Å². The minimum absolute atomic E-state index is 0.157. The molecule has 1 aliphatic heterocycles. The third-order valence-electron chi connectivity index (χ3n) is 3.40. The molecule has 1 aliphatic rings. The molecule has 0 radical (unpaired) electrons. The molecule has 2 N–H and O–H groups in total. The van der Waals surface area contributed by atoms with Crippen LogP contribution in [0.1, 0.15) is 27.2 Å². The molecule has 2 heterocycles. The predicted octanol–water partition coefficient (Wildman–Crippen LogP) is 1.86. The number of amides is 2. The van der Waals surface area contributed by atoms with Crippen molar-refractivity contribution in [3.8, 4) is 0 Å². The lowest BCUT2D eigenvalue weighted by Crippen LogP contribution is -2.36. The van der Waals surface area contributed by atoms with Crippen LogP contribution in [0.15, 0.2) is 23.2 Å². The quantitative estimate of drug-likeness (QED) is 0.801. The summed E-state index contributed by atoms with van der Waals surface area (Å²) < 4.78 is 25.1. The van der Waals surface area contributed by atoms with Gasteiger partial charge in [0, 0.05) is 19.3 Å². The van der Waals surface area contributed by atoms with Crippen LogP contribution in [-0.2, 0) is 20.6 Å². The van der Waals surface area contributed by atoms with E-state index in [9.17, 15) is 13.8 Å². The summed E-state index contributed by atoms with van der Waals surface area (Å²) in [7, 11) is 0. The molecule has 2 amide bonds. The Morgan fingerprint density at radius 1 is 1.42 bits per heavy atom. The van der Waals surface area contributed by atoms with Crippen LogP contribution in [0.25, 0.3) is 0 Å². The summed E-state index contributed by atoms with van der Waals surface area (Å²) >= 11 is -2.10. The summed E-state index contributed by atoms with van der Waals surface area (Å²) in [5, 5.41) is 2.65. The molecule has 0 bridgehead atoms. The molecule has 1 saturated heterocycles. The van der Waals surface area contributed by atoms with Gasteiger partial charge < -0.3 is 19.5 Å². The summed E-state index contributed by atoms with van der Waals surface area (Å²) in [6.45, 7) is 6.13. The molecule has 2 atom stereocenters. The van der Waals surface area contributed by atoms with Gasteiger partial charge in [0.25, 0.3) is 0 Å². The first-order valence-electron chi connectivity index (χ1n) is 7.51. The Hall–Kier alpha value is -2.00. The van der Waals surface area contributed by atoms with Gasteiger partial charge in [0.2, 0.25) is 5.91 Å². The molecule has 1 unspecified atom stereocenters. The second-order valence-corrected chi connectivity index (χ2v) is 7.50. The smallest absolute Gasteiger partial charge is 0.410 e. The van der Waals surface area contributed by atoms with Crippen LogP contribution in [0.3, 0.4) is 0 Å². The summed E-state index contributed by atoms with van der Waals surface area (Å²) in [6.07, 6.45) is 1.35. The van der Waals surface area contributed by atoms with Gasteiger partial charge in [-0.2, -0.15) is 0 Å². The minimum Gasteiger partial charge on any atom is -0.444 e. The van der Waals surface area contributed by atoms with Gasteiger partial charge in [-0.25, -0.2) is 14.0 Å². The van der Waals surface area contributed by atoms with E-state index in [1.807, 2.05) is 0 Å². The monoisotopic (exact) mass is 355 g/mol. The Kier molecular flexibility index (Phi) is 5.55. The van der Waals surface area contributed by atoms with Crippen molar-refractivity contribution in [1.29, 1.82) is 0 Å². The second-order valence-electron chi connectivity index (χ2n) is 6.53. The maximum Gasteiger partial charge on any atom is 0.410 e. The van der Waals surface area contributed by atoms with E-state index in [-0.39, 0.29) is 16.7 Å². The highest BCUT2D eigenvalue weighted by molar-refractivity contribution is 7.79. The zero-order chi connectivity index (χ0) is 17.9. The Morgan fingerprint density at radius 3 is 2.67 bits per heavy atom. The van der Waals surface area contributed by atoms with Gasteiger partial charge in [-0.3, -0.25) is 4.79 Å². The van der Waals surface area contributed by atoms with Crippen LogP contribution in [0, 0.1) is 5.92 Å². The van der Waals surface area contributed by atoms with Crippen molar-refractivity contribution in [2.24, 2.45) is 5.92 Å². The van der Waals surface area contributed by atoms with E-state index in [1.165, 1.54) is 23.2 Å². The molecule has 1 fully saturated rings. The van der Waals surface area contributed by atoms with Crippen LogP contribution in [0.5, 0.6) is 0 Å². The fourth-order valence-corrected chi connectivity index (χ4v) is 2.58. The van der Waals surface area contributed by atoms with Crippen LogP contribution < -0.4 is 5.32 Å². The molecular formula is C15H21N3O5S. The molecule has 24 heavy (non-hydrogen) atoms. The molecule has 2 rings (SSSR count). The summed E-state index contributed by atoms with van der Waals surface area (Å²) in [4.78, 5) is 29.8. The van der Waals surface area contributed by atoms with E-state index in [1.54, 1.807) is 20.8 Å². The molecule has 0 saturated carbocycles. The van der Waals surface area contributed by atoms with Crippen molar-refractivity contribution < 1.29 is 23.1 Å². The van der Waals surface area contributed by atoms with E-state index in [4.69, 9.17) is 9.29 Å². The lowest BCUT2D eigenvalue weighted by molar-refractivity contribution is -0.119. The Labute approximate surface area is 142 Å². The molecule has 9 heteroatoms. The predicted molar refractivity (Wildman–Crippen MR) is 87.8 cm³/mol. The normalized spacial score (nSPS) is 19.0. The largest absolute Gasteiger partial charge is 0.444 e. The number of hydrogen-bond donors (Lipinski definition) is 2. The number of likely N-dealkylation sites (tertiary alicyclic amines) is 1. The van der Waals surface area contributed by atoms with Gasteiger partial charge in [-0.05, 0) is 39.3 Å². The average molecular weight is 355 g/mol. The highest BCUT2D eigenvalue weighted by Gasteiger charge is 2.33. The lowest BCUT2D eigenvalue weighted by atomic mass is 10.1. The average Bonchev–Trinajstić information content (AvgIpc) is 2.96. The second kappa shape index (κ2) is 7.27. The van der Waals surface area contributed by atoms with Crippen molar-refractivity contribution in [2.45, 2.75) is 37.7 Å². The third kappa shape index (κ3) is 5.00. The van der Waals surface area contributed by atoms with E-state index in [2.05, 4.69) is 10.3 Å². The van der Waals surface area contributed by atoms with Crippen molar-refractivity contribution in [1.82, 2.24) is 9.88 Å². The summed E-state index contributed by atoms with van der Waals surface area (Å²) in [5.74, 6) is -0.290. The van der Waals surface area contributed by atoms with Gasteiger partial charge >= 0.3 is 6.09 Å². The number of carbonyl (C=O) groups excluding carboxylic acids is 2. The molecule has 1 aromatic heterocycles. The molecule has 132 valence electrons. The maximum absolute atomic E-state index is 12.2. The maximum atomic E-state index is 12.2. The number of anilines is 1. The van der Waals surface area contributed by atoms with Crippen LogP contribution >= 0.6 is 0 Å². The Morgan fingerprint density at radius 2 is 2.12 bits per heavy atom. The highest BCUT2D eigenvalue weighted by Crippen LogP contribution is 2.21. The van der Waals surface area contributed by atoms with Gasteiger partial charge in [0.05, 0.1) is 10.8 Å². The van der Waals surface area contributed by atoms with E-state index in [0.29, 0.717) is 25.3 Å². The number of aromatic nitrogens is 1. The number of hydrogen-bond acceptors (Lipinski definition) is 5. The molecule has 0 aliphatic carbocycles. The molecule has 0 spiro atoms. The van der Waals surface area contributed by atoms with Crippen molar-refractivity contribution in [3.05, 3.63) is 18.3 Å². The molecule has 0 aromatic carbocycles. The standard InChI is InChI=1S/C15H21N3O5S/c1-15(2,3)23-14(20)18-7-6-10(9-18)13(19)17-12-5-4-11(8-16-12)24(21)22/h4-5,8,10H,6-7,9H2,1-3H3,(H,21,22)(H,16,17,19)/t10-/m0/s1. The number of pyridine rings is 1. The zero-order valence-electron chi connectivity index (χ0n) is 13.8. The van der Waals surface area contributed by atoms with Gasteiger partial charge in [-0.15, -0.1) is 0 Å². The lowest BCUT2D eigenvalue weighted by Gasteiger charge is -2.24. The number of carbonyl (C=O) groups is 2. The van der Waals surface area contributed by atoms with E-state index < -0.39 is 22.8 Å². The third-order valence-corrected chi connectivity index (χ3v) is 4.04. The first-order valence-corrected chi connectivity index (χ1v) is 8.62. The number of nitrogens with zero attached hydrogens (tertiary/aromatic N) is 2. The summed E-state index contributed by atoms with van der Waals surface area (Å²) in [5.41, 5.74) is -0.574. The van der Waals surface area contributed by atoms with Gasteiger partial charge in [0.1, 0.15) is 11.4 Å². The molecule has 1 aromatic rings. The Balaban J connectivity index is 1.90. The summed E-state index contributed by atoms with van der Waals surface area (Å²) in [6, 6.07) is 2.88.